The molecule has 1 rings (SSSR count). The predicted octanol–water partition coefficient (Wildman–Crippen LogP) is 1.05. The Hall–Kier alpha value is -1.39. The van der Waals surface area contributed by atoms with E-state index in [1.54, 1.807) is 7.11 Å². The second-order valence-electron chi connectivity index (χ2n) is 3.49. The number of hydrogen-bond donors (Lipinski definition) is 1. The van der Waals surface area contributed by atoms with Gasteiger partial charge in [0.25, 0.3) is 0 Å². The highest BCUT2D eigenvalue weighted by atomic mass is 16.5. The fourth-order valence-corrected chi connectivity index (χ4v) is 1.52. The summed E-state index contributed by atoms with van der Waals surface area (Å²) in [7, 11) is 3.01. The Bertz CT molecular complexity index is 335. The number of nitrogens with two attached hydrogens (primary N) is 1. The van der Waals surface area contributed by atoms with Crippen molar-refractivity contribution in [3.05, 3.63) is 35.4 Å². The van der Waals surface area contributed by atoms with Gasteiger partial charge in [-0.25, -0.2) is 0 Å². The van der Waals surface area contributed by atoms with Crippen LogP contribution >= 0.6 is 0 Å². The smallest absolute Gasteiger partial charge is 0.314 e. The van der Waals surface area contributed by atoms with Crippen molar-refractivity contribution in [2.75, 3.05) is 20.8 Å². The van der Waals surface area contributed by atoms with E-state index in [2.05, 4.69) is 0 Å². The molecule has 0 aromatic heterocycles. The molecule has 0 heterocycles. The number of carbonyl (C=O) groups excluding carboxylic acids is 1. The van der Waals surface area contributed by atoms with Gasteiger partial charge in [-0.15, -0.1) is 0 Å². The van der Waals surface area contributed by atoms with Crippen LogP contribution in [0.5, 0.6) is 0 Å². The van der Waals surface area contributed by atoms with Crippen LogP contribution in [0.3, 0.4) is 0 Å². The summed E-state index contributed by atoms with van der Waals surface area (Å²) in [6.45, 7) is 0.808. The summed E-state index contributed by atoms with van der Waals surface area (Å²) >= 11 is 0. The van der Waals surface area contributed by atoms with Crippen LogP contribution in [0.2, 0.25) is 0 Å². The van der Waals surface area contributed by atoms with Crippen molar-refractivity contribution in [3.8, 4) is 0 Å². The predicted molar refractivity (Wildman–Crippen MR) is 61.0 cm³/mol. The fourth-order valence-electron chi connectivity index (χ4n) is 1.52. The van der Waals surface area contributed by atoms with E-state index in [1.807, 2.05) is 24.3 Å². The van der Waals surface area contributed by atoms with E-state index in [4.69, 9.17) is 15.2 Å². The van der Waals surface area contributed by atoms with E-state index >= 15 is 0 Å². The van der Waals surface area contributed by atoms with Crippen LogP contribution in [0.15, 0.2) is 24.3 Å². The second-order valence-corrected chi connectivity index (χ2v) is 3.49. The maximum absolute atomic E-state index is 11.4. The molecule has 0 saturated heterocycles. The van der Waals surface area contributed by atoms with E-state index in [1.165, 1.54) is 7.11 Å². The molecule has 0 bridgehead atoms. The average Bonchev–Trinajstić information content (AvgIpc) is 2.32. The molecular formula is C12H17NO3. The molecule has 1 aromatic carbocycles. The Morgan fingerprint density at radius 2 is 1.94 bits per heavy atom. The summed E-state index contributed by atoms with van der Waals surface area (Å²) in [6.07, 6.45) is 0. The van der Waals surface area contributed by atoms with Crippen molar-refractivity contribution >= 4 is 5.97 Å². The molecule has 0 fully saturated rings. The Morgan fingerprint density at radius 3 is 2.38 bits per heavy atom. The van der Waals surface area contributed by atoms with E-state index in [0.717, 1.165) is 11.1 Å². The number of hydrogen-bond acceptors (Lipinski definition) is 4. The Morgan fingerprint density at radius 1 is 1.31 bits per heavy atom. The summed E-state index contributed by atoms with van der Waals surface area (Å²) < 4.78 is 9.70. The zero-order valence-electron chi connectivity index (χ0n) is 9.60. The first-order valence-corrected chi connectivity index (χ1v) is 5.08. The molecule has 0 saturated carbocycles. The van der Waals surface area contributed by atoms with E-state index in [0.29, 0.717) is 6.61 Å². The quantitative estimate of drug-likeness (QED) is 0.758. The first kappa shape index (κ1) is 12.7. The number of carbonyl (C=O) groups is 1. The maximum atomic E-state index is 11.4. The zero-order valence-corrected chi connectivity index (χ0v) is 9.60. The third kappa shape index (κ3) is 3.05. The zero-order chi connectivity index (χ0) is 12.0. The molecule has 0 spiro atoms. The molecule has 0 radical (unpaired) electrons. The maximum Gasteiger partial charge on any atom is 0.314 e. The van der Waals surface area contributed by atoms with Gasteiger partial charge in [0.15, 0.2) is 0 Å². The lowest BCUT2D eigenvalue weighted by molar-refractivity contribution is -0.142. The van der Waals surface area contributed by atoms with Gasteiger partial charge in [-0.05, 0) is 11.1 Å². The van der Waals surface area contributed by atoms with Crippen LogP contribution in [-0.4, -0.2) is 26.7 Å². The van der Waals surface area contributed by atoms with Crippen molar-refractivity contribution in [1.29, 1.82) is 0 Å². The van der Waals surface area contributed by atoms with Crippen LogP contribution in [0.4, 0.5) is 0 Å². The molecule has 1 aromatic rings. The van der Waals surface area contributed by atoms with Crippen molar-refractivity contribution in [2.45, 2.75) is 12.5 Å². The number of rotatable bonds is 5. The lowest BCUT2D eigenvalue weighted by Gasteiger charge is -2.12. The highest BCUT2D eigenvalue weighted by Crippen LogP contribution is 2.17. The second kappa shape index (κ2) is 6.25. The van der Waals surface area contributed by atoms with Crippen molar-refractivity contribution in [2.24, 2.45) is 5.73 Å². The van der Waals surface area contributed by atoms with Gasteiger partial charge < -0.3 is 15.2 Å². The molecule has 2 N–H and O–H groups in total. The van der Waals surface area contributed by atoms with E-state index < -0.39 is 0 Å². The van der Waals surface area contributed by atoms with Crippen molar-refractivity contribution in [3.63, 3.8) is 0 Å². The molecule has 0 aliphatic rings. The van der Waals surface area contributed by atoms with Crippen molar-refractivity contribution in [1.82, 2.24) is 0 Å². The standard InChI is InChI=1S/C12H17NO3/c1-15-8-9-3-5-10(6-4-9)11(7-13)12(14)16-2/h3-6,11H,7-8,13H2,1-2H3. The van der Waals surface area contributed by atoms with Crippen LogP contribution in [0.1, 0.15) is 17.0 Å². The van der Waals surface area contributed by atoms with Gasteiger partial charge in [0.1, 0.15) is 0 Å². The molecule has 1 atom stereocenters. The Balaban J connectivity index is 2.82. The summed E-state index contributed by atoms with van der Waals surface area (Å²) in [4.78, 5) is 11.4. The van der Waals surface area contributed by atoms with Gasteiger partial charge in [0.2, 0.25) is 0 Å². The minimum absolute atomic E-state index is 0.246. The van der Waals surface area contributed by atoms with E-state index in [-0.39, 0.29) is 18.4 Å². The van der Waals surface area contributed by atoms with Gasteiger partial charge in [-0.3, -0.25) is 4.79 Å². The summed E-state index contributed by atoms with van der Waals surface area (Å²) in [5, 5.41) is 0. The van der Waals surface area contributed by atoms with E-state index in [9.17, 15) is 4.79 Å². The highest BCUT2D eigenvalue weighted by molar-refractivity contribution is 5.78. The van der Waals surface area contributed by atoms with Crippen LogP contribution in [0.25, 0.3) is 0 Å². The normalized spacial score (nSPS) is 12.2. The average molecular weight is 223 g/mol. The summed E-state index contributed by atoms with van der Waals surface area (Å²) in [5.41, 5.74) is 7.48. The number of ether oxygens (including phenoxy) is 2. The minimum atomic E-state index is -0.387. The minimum Gasteiger partial charge on any atom is -0.469 e. The van der Waals surface area contributed by atoms with Crippen LogP contribution < -0.4 is 5.73 Å². The molecule has 4 nitrogen and oxygen atoms in total. The molecule has 4 heteroatoms. The fraction of sp³-hybridized carbons (Fsp3) is 0.417. The van der Waals surface area contributed by atoms with Crippen LogP contribution in [0, 0.1) is 0 Å². The third-order valence-electron chi connectivity index (χ3n) is 2.41. The first-order chi connectivity index (χ1) is 7.72. The number of benzene rings is 1. The Kier molecular flexibility index (Phi) is 4.95. The molecular weight excluding hydrogens is 206 g/mol. The molecule has 0 aliphatic carbocycles. The lowest BCUT2D eigenvalue weighted by Crippen LogP contribution is -2.22. The van der Waals surface area contributed by atoms with Crippen molar-refractivity contribution < 1.29 is 14.3 Å². The SMILES string of the molecule is COCc1ccc(C(CN)C(=O)OC)cc1. The third-order valence-corrected chi connectivity index (χ3v) is 2.41. The number of esters is 1. The largest absolute Gasteiger partial charge is 0.469 e. The molecule has 1 unspecified atom stereocenters. The summed E-state index contributed by atoms with van der Waals surface area (Å²) in [6, 6.07) is 7.60. The van der Waals surface area contributed by atoms with Gasteiger partial charge >= 0.3 is 5.97 Å². The molecule has 16 heavy (non-hydrogen) atoms. The Labute approximate surface area is 95.3 Å². The van der Waals surface area contributed by atoms with Crippen LogP contribution in [-0.2, 0) is 20.9 Å². The number of methoxy groups -OCH3 is 2. The molecule has 0 amide bonds. The highest BCUT2D eigenvalue weighted by Gasteiger charge is 2.19. The van der Waals surface area contributed by atoms with Gasteiger partial charge in [-0.1, -0.05) is 24.3 Å². The van der Waals surface area contributed by atoms with Gasteiger partial charge in [-0.2, -0.15) is 0 Å². The topological polar surface area (TPSA) is 61.5 Å². The monoisotopic (exact) mass is 223 g/mol. The molecule has 88 valence electrons. The van der Waals surface area contributed by atoms with Gasteiger partial charge in [0, 0.05) is 13.7 Å². The lowest BCUT2D eigenvalue weighted by atomic mass is 9.98. The van der Waals surface area contributed by atoms with Gasteiger partial charge in [0.05, 0.1) is 19.6 Å². The molecule has 0 aliphatic heterocycles. The summed E-state index contributed by atoms with van der Waals surface area (Å²) in [5.74, 6) is -0.691. The first-order valence-electron chi connectivity index (χ1n) is 5.08.